The number of hydrogen-bond acceptors (Lipinski definition) is 6. The number of benzene rings is 2. The molecule has 2 N–H and O–H groups in total. The molecule has 25 heavy (non-hydrogen) atoms. The molecule has 0 aromatic heterocycles. The average molecular weight is 343 g/mol. The van der Waals surface area contributed by atoms with E-state index >= 15 is 0 Å². The van der Waals surface area contributed by atoms with Crippen molar-refractivity contribution in [3.05, 3.63) is 63.2 Å². The number of rotatable bonds is 6. The van der Waals surface area contributed by atoms with Crippen molar-refractivity contribution in [2.24, 2.45) is 5.10 Å². The minimum atomic E-state index is -0.605. The summed E-state index contributed by atoms with van der Waals surface area (Å²) in [7, 11) is 0. The maximum atomic E-state index is 11.7. The number of nitrogens with one attached hydrogen (secondary N) is 1. The molecular weight excluding hydrogens is 326 g/mol. The largest absolute Gasteiger partial charge is 0.508 e. The highest BCUT2D eigenvalue weighted by Crippen LogP contribution is 2.21. The Hall–Kier alpha value is -3.42. The summed E-state index contributed by atoms with van der Waals surface area (Å²) in [6, 6.07) is 9.13. The summed E-state index contributed by atoms with van der Waals surface area (Å²) < 4.78 is 5.38. The van der Waals surface area contributed by atoms with Crippen molar-refractivity contribution in [2.75, 3.05) is 6.61 Å². The zero-order valence-corrected chi connectivity index (χ0v) is 13.7. The van der Waals surface area contributed by atoms with Crippen LogP contribution < -0.4 is 10.2 Å². The number of phenolic OH excluding ortho intramolecular Hbond substituents is 1. The average Bonchev–Trinajstić information content (AvgIpc) is 2.52. The highest BCUT2D eigenvalue weighted by Gasteiger charge is 2.12. The Morgan fingerprint density at radius 3 is 2.60 bits per heavy atom. The molecule has 0 heterocycles. The summed E-state index contributed by atoms with van der Waals surface area (Å²) in [6.45, 7) is 3.60. The number of nitro groups is 1. The van der Waals surface area contributed by atoms with Gasteiger partial charge >= 0.3 is 0 Å². The molecule has 0 unspecified atom stereocenters. The molecule has 0 saturated heterocycles. The number of carbonyl (C=O) groups excluding carboxylic acids is 1. The fourth-order valence-electron chi connectivity index (χ4n) is 2.18. The lowest BCUT2D eigenvalue weighted by atomic mass is 10.1. The van der Waals surface area contributed by atoms with Gasteiger partial charge in [0.25, 0.3) is 11.6 Å². The summed E-state index contributed by atoms with van der Waals surface area (Å²) in [5, 5.41) is 23.9. The van der Waals surface area contributed by atoms with Crippen LogP contribution in [0.25, 0.3) is 0 Å². The zero-order chi connectivity index (χ0) is 18.4. The van der Waals surface area contributed by atoms with Crippen LogP contribution in [-0.4, -0.2) is 28.8 Å². The molecule has 0 atom stereocenters. The first-order valence-corrected chi connectivity index (χ1v) is 7.35. The van der Waals surface area contributed by atoms with E-state index in [4.69, 9.17) is 4.74 Å². The minimum Gasteiger partial charge on any atom is -0.508 e. The van der Waals surface area contributed by atoms with Crippen molar-refractivity contribution in [3.8, 4) is 11.5 Å². The Morgan fingerprint density at radius 2 is 1.96 bits per heavy atom. The molecule has 130 valence electrons. The number of aromatic hydroxyl groups is 1. The molecule has 0 aliphatic carbocycles. The quantitative estimate of drug-likeness (QED) is 0.475. The van der Waals surface area contributed by atoms with Gasteiger partial charge in [0.15, 0.2) is 6.61 Å². The van der Waals surface area contributed by atoms with Crippen molar-refractivity contribution < 1.29 is 19.6 Å². The van der Waals surface area contributed by atoms with Crippen LogP contribution >= 0.6 is 0 Å². The van der Waals surface area contributed by atoms with E-state index in [1.807, 2.05) is 19.9 Å². The van der Waals surface area contributed by atoms with Gasteiger partial charge in [0.1, 0.15) is 11.5 Å². The van der Waals surface area contributed by atoms with Gasteiger partial charge in [-0.1, -0.05) is 6.07 Å². The summed E-state index contributed by atoms with van der Waals surface area (Å²) >= 11 is 0. The first-order chi connectivity index (χ1) is 11.8. The number of ether oxygens (including phenoxy) is 1. The third-order valence-electron chi connectivity index (χ3n) is 3.17. The normalized spacial score (nSPS) is 10.6. The van der Waals surface area contributed by atoms with Gasteiger partial charge in [-0.05, 0) is 49.2 Å². The van der Waals surface area contributed by atoms with Crippen LogP contribution in [0.2, 0.25) is 0 Å². The second-order valence-corrected chi connectivity index (χ2v) is 5.41. The van der Waals surface area contributed by atoms with Crippen LogP contribution in [0.15, 0.2) is 41.5 Å². The fraction of sp³-hybridized carbons (Fsp3) is 0.176. The number of hydrogen-bond donors (Lipinski definition) is 2. The van der Waals surface area contributed by atoms with Crippen LogP contribution in [0.1, 0.15) is 16.7 Å². The Kier molecular flexibility index (Phi) is 5.67. The molecule has 8 nitrogen and oxygen atoms in total. The minimum absolute atomic E-state index is 0.0699. The molecule has 0 aliphatic rings. The van der Waals surface area contributed by atoms with E-state index in [1.165, 1.54) is 12.1 Å². The van der Waals surface area contributed by atoms with Gasteiger partial charge in [-0.15, -0.1) is 0 Å². The van der Waals surface area contributed by atoms with E-state index in [1.54, 1.807) is 12.1 Å². The highest BCUT2D eigenvalue weighted by atomic mass is 16.6. The van der Waals surface area contributed by atoms with Crippen LogP contribution in [0.5, 0.6) is 11.5 Å². The summed E-state index contributed by atoms with van der Waals surface area (Å²) in [5.41, 5.74) is 4.09. The molecule has 0 radical (unpaired) electrons. The molecule has 2 aromatic rings. The van der Waals surface area contributed by atoms with E-state index < -0.39 is 10.8 Å². The van der Waals surface area contributed by atoms with Crippen molar-refractivity contribution >= 4 is 17.8 Å². The molecule has 0 fully saturated rings. The first kappa shape index (κ1) is 17.9. The highest BCUT2D eigenvalue weighted by molar-refractivity contribution is 5.87. The lowest BCUT2D eigenvalue weighted by Crippen LogP contribution is -2.24. The molecule has 8 heteroatoms. The number of phenols is 1. The number of carbonyl (C=O) groups is 1. The molecular formula is C17H17N3O5. The molecule has 2 aromatic carbocycles. The van der Waals surface area contributed by atoms with Crippen LogP contribution in [0, 0.1) is 24.0 Å². The first-order valence-electron chi connectivity index (χ1n) is 7.35. The summed E-state index contributed by atoms with van der Waals surface area (Å²) in [5.74, 6) is -0.0880. The maximum Gasteiger partial charge on any atom is 0.278 e. The Labute approximate surface area is 143 Å². The monoisotopic (exact) mass is 343 g/mol. The molecule has 0 aliphatic heterocycles. The van der Waals surface area contributed by atoms with Gasteiger partial charge in [-0.2, -0.15) is 5.10 Å². The number of amides is 1. The van der Waals surface area contributed by atoms with E-state index in [2.05, 4.69) is 10.5 Å². The zero-order valence-electron chi connectivity index (χ0n) is 13.7. The predicted octanol–water partition coefficient (Wildman–Crippen LogP) is 2.45. The van der Waals surface area contributed by atoms with Crippen molar-refractivity contribution in [1.82, 2.24) is 5.43 Å². The summed E-state index contributed by atoms with van der Waals surface area (Å²) in [4.78, 5) is 22.0. The smallest absolute Gasteiger partial charge is 0.278 e. The summed E-state index contributed by atoms with van der Waals surface area (Å²) in [6.07, 6.45) is 1.09. The number of hydrazone groups is 1. The Balaban J connectivity index is 1.95. The lowest BCUT2D eigenvalue weighted by Gasteiger charge is -2.07. The van der Waals surface area contributed by atoms with Gasteiger partial charge in [0, 0.05) is 6.07 Å². The van der Waals surface area contributed by atoms with E-state index in [0.717, 1.165) is 23.4 Å². The van der Waals surface area contributed by atoms with Crippen molar-refractivity contribution in [1.29, 1.82) is 0 Å². The van der Waals surface area contributed by atoms with Crippen LogP contribution in [0.4, 0.5) is 5.69 Å². The number of aryl methyl sites for hydroxylation is 2. The third-order valence-corrected chi connectivity index (χ3v) is 3.17. The van der Waals surface area contributed by atoms with Crippen LogP contribution in [-0.2, 0) is 4.79 Å². The van der Waals surface area contributed by atoms with Gasteiger partial charge in [-0.3, -0.25) is 14.9 Å². The van der Waals surface area contributed by atoms with E-state index in [0.29, 0.717) is 5.75 Å². The van der Waals surface area contributed by atoms with Gasteiger partial charge in [0.2, 0.25) is 0 Å². The number of nitrogens with zero attached hydrogens (tertiary/aromatic N) is 2. The van der Waals surface area contributed by atoms with E-state index in [-0.39, 0.29) is 23.6 Å². The Bertz CT molecular complexity index is 813. The van der Waals surface area contributed by atoms with Gasteiger partial charge in [-0.25, -0.2) is 5.43 Å². The second kappa shape index (κ2) is 7.91. The molecule has 0 bridgehead atoms. The molecule has 0 spiro atoms. The third kappa shape index (κ3) is 5.31. The standard InChI is InChI=1S/C17H17N3O5/c1-11-5-12(2)7-15(6-11)25-10-17(22)19-18-9-13-8-14(21)3-4-16(13)20(23)24/h3-9,21H,10H2,1-2H3,(H,19,22). The van der Waals surface area contributed by atoms with E-state index in [9.17, 15) is 20.0 Å². The Morgan fingerprint density at radius 1 is 1.28 bits per heavy atom. The maximum absolute atomic E-state index is 11.7. The van der Waals surface area contributed by atoms with Crippen molar-refractivity contribution in [3.63, 3.8) is 0 Å². The van der Waals surface area contributed by atoms with Crippen molar-refractivity contribution in [2.45, 2.75) is 13.8 Å². The second-order valence-electron chi connectivity index (χ2n) is 5.41. The van der Waals surface area contributed by atoms with Gasteiger partial charge < -0.3 is 9.84 Å². The predicted molar refractivity (Wildman–Crippen MR) is 91.9 cm³/mol. The molecule has 2 rings (SSSR count). The number of nitro benzene ring substituents is 1. The topological polar surface area (TPSA) is 114 Å². The SMILES string of the molecule is Cc1cc(C)cc(OCC(=O)NN=Cc2cc(O)ccc2[N+](=O)[O-])c1. The van der Waals surface area contributed by atoms with Gasteiger partial charge in [0.05, 0.1) is 16.7 Å². The van der Waals surface area contributed by atoms with Crippen LogP contribution in [0.3, 0.4) is 0 Å². The molecule has 0 saturated carbocycles. The fourth-order valence-corrected chi connectivity index (χ4v) is 2.18. The lowest BCUT2D eigenvalue weighted by molar-refractivity contribution is -0.385. The molecule has 1 amide bonds.